The van der Waals surface area contributed by atoms with Crippen LogP contribution < -0.4 is 5.32 Å². The first-order valence-electron chi connectivity index (χ1n) is 8.24. The lowest BCUT2D eigenvalue weighted by Gasteiger charge is -2.25. The zero-order chi connectivity index (χ0) is 16.8. The predicted octanol–water partition coefficient (Wildman–Crippen LogP) is 2.35. The van der Waals surface area contributed by atoms with Crippen LogP contribution in [0, 0.1) is 0 Å². The van der Waals surface area contributed by atoms with Crippen LogP contribution in [0.2, 0.25) is 0 Å². The van der Waals surface area contributed by atoms with Gasteiger partial charge in [0.15, 0.2) is 0 Å². The molecule has 0 bridgehead atoms. The lowest BCUT2D eigenvalue weighted by atomic mass is 9.97. The molecule has 1 N–H and O–H groups in total. The number of hydrogen-bond donors (Lipinski definition) is 1. The summed E-state index contributed by atoms with van der Waals surface area (Å²) >= 11 is 1.45. The zero-order valence-corrected chi connectivity index (χ0v) is 14.6. The van der Waals surface area contributed by atoms with Crippen LogP contribution in [0.25, 0.3) is 0 Å². The summed E-state index contributed by atoms with van der Waals surface area (Å²) in [5, 5.41) is 12.8. The summed E-state index contributed by atoms with van der Waals surface area (Å²) in [4.78, 5) is 14.2. The lowest BCUT2D eigenvalue weighted by Crippen LogP contribution is -2.41. The van der Waals surface area contributed by atoms with E-state index >= 15 is 0 Å². The molecule has 0 unspecified atom stereocenters. The average Bonchev–Trinajstić information content (AvgIpc) is 3.05. The van der Waals surface area contributed by atoms with Gasteiger partial charge < -0.3 is 4.74 Å². The number of carbonyl (C=O) groups excluding carboxylic acids is 1. The van der Waals surface area contributed by atoms with Gasteiger partial charge in [-0.2, -0.15) is 0 Å². The Morgan fingerprint density at radius 3 is 2.75 bits per heavy atom. The Kier molecular flexibility index (Phi) is 5.90. The molecular formula is C17H22N4O2S. The molecule has 6 nitrogen and oxygen atoms in total. The lowest BCUT2D eigenvalue weighted by molar-refractivity contribution is -0.118. The maximum absolute atomic E-state index is 12.1. The Morgan fingerprint density at radius 2 is 2.04 bits per heavy atom. The first kappa shape index (κ1) is 17.0. The molecule has 1 aliphatic heterocycles. The van der Waals surface area contributed by atoms with Gasteiger partial charge in [-0.15, -0.1) is 10.2 Å². The number of nitrogens with zero attached hydrogens (tertiary/aromatic N) is 3. The molecule has 1 atom stereocenters. The summed E-state index contributed by atoms with van der Waals surface area (Å²) in [6, 6.07) is 10.3. The molecule has 1 aliphatic rings. The fraction of sp³-hybridized carbons (Fsp3) is 0.471. The minimum atomic E-state index is -0.0487. The summed E-state index contributed by atoms with van der Waals surface area (Å²) in [6.45, 7) is 5.46. The van der Waals surface area contributed by atoms with Crippen molar-refractivity contribution in [3.8, 4) is 0 Å². The maximum Gasteiger partial charge on any atom is 0.240 e. The van der Waals surface area contributed by atoms with Crippen molar-refractivity contribution in [2.45, 2.75) is 19.3 Å². The predicted molar refractivity (Wildman–Crippen MR) is 94.4 cm³/mol. The molecule has 1 saturated heterocycles. The fourth-order valence-corrected chi connectivity index (χ4v) is 3.76. The van der Waals surface area contributed by atoms with E-state index in [-0.39, 0.29) is 11.8 Å². The summed E-state index contributed by atoms with van der Waals surface area (Å²) < 4.78 is 5.29. The highest BCUT2D eigenvalue weighted by Crippen LogP contribution is 2.31. The Balaban J connectivity index is 1.61. The molecule has 1 aromatic heterocycles. The van der Waals surface area contributed by atoms with Crippen molar-refractivity contribution >= 4 is 22.4 Å². The Morgan fingerprint density at radius 1 is 1.29 bits per heavy atom. The third-order valence-electron chi connectivity index (χ3n) is 4.07. The van der Waals surface area contributed by atoms with Crippen molar-refractivity contribution < 1.29 is 9.53 Å². The van der Waals surface area contributed by atoms with Crippen LogP contribution in [-0.4, -0.2) is 53.9 Å². The molecule has 0 radical (unpaired) electrons. The quantitative estimate of drug-likeness (QED) is 0.870. The van der Waals surface area contributed by atoms with Crippen LogP contribution in [0.1, 0.15) is 29.8 Å². The van der Waals surface area contributed by atoms with E-state index in [4.69, 9.17) is 4.74 Å². The molecule has 0 spiro atoms. The van der Waals surface area contributed by atoms with E-state index in [1.165, 1.54) is 16.9 Å². The molecule has 7 heteroatoms. The molecule has 2 heterocycles. The summed E-state index contributed by atoms with van der Waals surface area (Å²) in [6.07, 6.45) is 0.945. The smallest absolute Gasteiger partial charge is 0.240 e. The highest BCUT2D eigenvalue weighted by Gasteiger charge is 2.19. The highest BCUT2D eigenvalue weighted by molar-refractivity contribution is 7.15. The van der Waals surface area contributed by atoms with Gasteiger partial charge >= 0.3 is 0 Å². The van der Waals surface area contributed by atoms with Crippen molar-refractivity contribution in [2.24, 2.45) is 0 Å². The van der Waals surface area contributed by atoms with Gasteiger partial charge in [-0.3, -0.25) is 15.0 Å². The number of rotatable bonds is 6. The SMILES string of the molecule is CC[C@H](c1ccccc1)c1nnc(NC(=O)CN2CCOCC2)s1. The van der Waals surface area contributed by atoms with Crippen molar-refractivity contribution in [2.75, 3.05) is 38.2 Å². The minimum Gasteiger partial charge on any atom is -0.379 e. The second kappa shape index (κ2) is 8.32. The van der Waals surface area contributed by atoms with E-state index < -0.39 is 0 Å². The average molecular weight is 346 g/mol. The van der Waals surface area contributed by atoms with Gasteiger partial charge in [-0.05, 0) is 12.0 Å². The number of anilines is 1. The van der Waals surface area contributed by atoms with Crippen LogP contribution in [0.3, 0.4) is 0 Å². The summed E-state index contributed by atoms with van der Waals surface area (Å²) in [5.41, 5.74) is 1.22. The molecule has 0 aliphatic carbocycles. The molecule has 1 amide bonds. The van der Waals surface area contributed by atoms with Crippen LogP contribution in [-0.2, 0) is 9.53 Å². The van der Waals surface area contributed by atoms with E-state index in [0.29, 0.717) is 24.9 Å². The third kappa shape index (κ3) is 4.37. The first-order chi connectivity index (χ1) is 11.8. The second-order valence-corrected chi connectivity index (χ2v) is 6.76. The second-order valence-electron chi connectivity index (χ2n) is 5.75. The fourth-order valence-electron chi connectivity index (χ4n) is 2.79. The molecule has 3 rings (SSSR count). The number of morpholine rings is 1. The van der Waals surface area contributed by atoms with Gasteiger partial charge in [0.05, 0.1) is 19.8 Å². The summed E-state index contributed by atoms with van der Waals surface area (Å²) in [5.74, 6) is 0.168. The standard InChI is InChI=1S/C17H22N4O2S/c1-2-14(13-6-4-3-5-7-13)16-19-20-17(24-16)18-15(22)12-21-8-10-23-11-9-21/h3-7,14H,2,8-12H2,1H3,(H,18,20,22)/t14-/m1/s1. The minimum absolute atomic E-state index is 0.0487. The van der Waals surface area contributed by atoms with Crippen LogP contribution in [0.4, 0.5) is 5.13 Å². The van der Waals surface area contributed by atoms with Crippen molar-refractivity contribution in [1.82, 2.24) is 15.1 Å². The number of aromatic nitrogens is 2. The van der Waals surface area contributed by atoms with E-state index in [0.717, 1.165) is 24.5 Å². The van der Waals surface area contributed by atoms with Crippen LogP contribution in [0.5, 0.6) is 0 Å². The number of amides is 1. The number of nitrogens with one attached hydrogen (secondary N) is 1. The monoisotopic (exact) mass is 346 g/mol. The maximum atomic E-state index is 12.1. The molecule has 24 heavy (non-hydrogen) atoms. The van der Waals surface area contributed by atoms with E-state index in [1.807, 2.05) is 18.2 Å². The largest absolute Gasteiger partial charge is 0.379 e. The molecule has 2 aromatic rings. The number of hydrogen-bond acceptors (Lipinski definition) is 6. The Labute approximate surface area is 145 Å². The van der Waals surface area contributed by atoms with Crippen molar-refractivity contribution in [3.05, 3.63) is 40.9 Å². The first-order valence-corrected chi connectivity index (χ1v) is 9.06. The van der Waals surface area contributed by atoms with Gasteiger partial charge in [0.2, 0.25) is 11.0 Å². The number of benzene rings is 1. The molecule has 1 aromatic carbocycles. The normalized spacial score (nSPS) is 16.7. The topological polar surface area (TPSA) is 67.4 Å². The van der Waals surface area contributed by atoms with Gasteiger partial charge in [-0.1, -0.05) is 48.6 Å². The van der Waals surface area contributed by atoms with Crippen LogP contribution in [0.15, 0.2) is 30.3 Å². The van der Waals surface area contributed by atoms with Gasteiger partial charge in [0.25, 0.3) is 0 Å². The van der Waals surface area contributed by atoms with Gasteiger partial charge in [-0.25, -0.2) is 0 Å². The molecular weight excluding hydrogens is 324 g/mol. The van der Waals surface area contributed by atoms with Crippen LogP contribution >= 0.6 is 11.3 Å². The summed E-state index contributed by atoms with van der Waals surface area (Å²) in [7, 11) is 0. The molecule has 0 saturated carbocycles. The van der Waals surface area contributed by atoms with E-state index in [1.54, 1.807) is 0 Å². The third-order valence-corrected chi connectivity index (χ3v) is 5.02. The van der Waals surface area contributed by atoms with E-state index in [9.17, 15) is 4.79 Å². The molecule has 1 fully saturated rings. The highest BCUT2D eigenvalue weighted by atomic mass is 32.1. The van der Waals surface area contributed by atoms with Gasteiger partial charge in [0, 0.05) is 19.0 Å². The van der Waals surface area contributed by atoms with Crippen molar-refractivity contribution in [1.29, 1.82) is 0 Å². The molecule has 128 valence electrons. The number of carbonyl (C=O) groups is 1. The van der Waals surface area contributed by atoms with Gasteiger partial charge in [0.1, 0.15) is 5.01 Å². The number of ether oxygens (including phenoxy) is 1. The van der Waals surface area contributed by atoms with E-state index in [2.05, 4.69) is 39.5 Å². The zero-order valence-electron chi connectivity index (χ0n) is 13.8. The Bertz CT molecular complexity index is 656. The Hall–Kier alpha value is -1.83. The van der Waals surface area contributed by atoms with Crippen molar-refractivity contribution in [3.63, 3.8) is 0 Å².